The van der Waals surface area contributed by atoms with E-state index in [0.29, 0.717) is 5.92 Å². The quantitative estimate of drug-likeness (QED) is 0.742. The van der Waals surface area contributed by atoms with E-state index in [1.54, 1.807) is 0 Å². The predicted molar refractivity (Wildman–Crippen MR) is 83.4 cm³/mol. The number of benzene rings is 2. The summed E-state index contributed by atoms with van der Waals surface area (Å²) in [6.45, 7) is 2.26. The second-order valence-corrected chi connectivity index (χ2v) is 5.28. The average molecular weight is 249 g/mol. The van der Waals surface area contributed by atoms with E-state index in [1.807, 2.05) is 0 Å². The molecule has 0 saturated carbocycles. The molecule has 0 heterocycles. The van der Waals surface area contributed by atoms with Crippen LogP contribution in [0.1, 0.15) is 13.3 Å². The molecule has 0 N–H and O–H groups in total. The lowest BCUT2D eigenvalue weighted by Gasteiger charge is -2.27. The fourth-order valence-electron chi connectivity index (χ4n) is 2.73. The van der Waals surface area contributed by atoms with Crippen molar-refractivity contribution in [2.24, 2.45) is 5.92 Å². The molecule has 0 aliphatic heterocycles. The van der Waals surface area contributed by atoms with Gasteiger partial charge in [-0.15, -0.1) is 0 Å². The van der Waals surface area contributed by atoms with Crippen LogP contribution in [0.4, 0.5) is 5.69 Å². The summed E-state index contributed by atoms with van der Waals surface area (Å²) in [7, 11) is 2.17. The Balaban J connectivity index is 2.05. The minimum atomic E-state index is 0.623. The number of anilines is 1. The molecule has 2 aromatic carbocycles. The van der Waals surface area contributed by atoms with Crippen molar-refractivity contribution in [3.05, 3.63) is 66.4 Å². The van der Waals surface area contributed by atoms with Gasteiger partial charge in [-0.3, -0.25) is 0 Å². The van der Waals surface area contributed by atoms with Crippen LogP contribution in [0.25, 0.3) is 10.8 Å². The molecule has 1 atom stereocenters. The lowest BCUT2D eigenvalue weighted by molar-refractivity contribution is 0.691. The zero-order valence-corrected chi connectivity index (χ0v) is 11.5. The topological polar surface area (TPSA) is 3.24 Å². The molecule has 0 saturated heterocycles. The van der Waals surface area contributed by atoms with Crippen LogP contribution in [0.5, 0.6) is 0 Å². The Bertz CT molecular complexity index is 646. The minimum absolute atomic E-state index is 0.623. The summed E-state index contributed by atoms with van der Waals surface area (Å²) in [4.78, 5) is 2.32. The molecular weight excluding hydrogens is 230 g/mol. The lowest BCUT2D eigenvalue weighted by atomic mass is 9.99. The van der Waals surface area contributed by atoms with E-state index < -0.39 is 0 Å². The summed E-state index contributed by atoms with van der Waals surface area (Å²) in [6, 6.07) is 15.1. The maximum Gasteiger partial charge on any atom is 0.0485 e. The van der Waals surface area contributed by atoms with Crippen LogP contribution in [0.2, 0.25) is 0 Å². The number of hydrogen-bond donors (Lipinski definition) is 0. The van der Waals surface area contributed by atoms with Gasteiger partial charge in [0.2, 0.25) is 0 Å². The van der Waals surface area contributed by atoms with E-state index >= 15 is 0 Å². The summed E-state index contributed by atoms with van der Waals surface area (Å²) in [6.07, 6.45) is 7.77. The Labute approximate surface area is 114 Å². The summed E-state index contributed by atoms with van der Waals surface area (Å²) in [5, 5.41) is 2.61. The van der Waals surface area contributed by atoms with E-state index in [2.05, 4.69) is 79.6 Å². The van der Waals surface area contributed by atoms with Crippen molar-refractivity contribution >= 4 is 16.5 Å². The van der Waals surface area contributed by atoms with Gasteiger partial charge in [0.15, 0.2) is 0 Å². The molecule has 1 heteroatoms. The number of nitrogens with zero attached hydrogens (tertiary/aromatic N) is 1. The number of fused-ring (bicyclic) bond motifs is 1. The van der Waals surface area contributed by atoms with Gasteiger partial charge in [0.05, 0.1) is 0 Å². The fourth-order valence-corrected chi connectivity index (χ4v) is 2.73. The molecule has 0 fully saturated rings. The molecule has 0 spiro atoms. The Morgan fingerprint density at radius 3 is 2.68 bits per heavy atom. The van der Waals surface area contributed by atoms with Crippen molar-refractivity contribution in [2.75, 3.05) is 11.9 Å². The molecular formula is C18H19N. The monoisotopic (exact) mass is 249 g/mol. The second-order valence-electron chi connectivity index (χ2n) is 5.28. The molecule has 0 bridgehead atoms. The van der Waals surface area contributed by atoms with Gasteiger partial charge < -0.3 is 4.90 Å². The van der Waals surface area contributed by atoms with Crippen LogP contribution in [-0.2, 0) is 0 Å². The molecule has 0 aromatic heterocycles. The van der Waals surface area contributed by atoms with E-state index in [0.717, 1.165) is 6.42 Å². The van der Waals surface area contributed by atoms with Crippen molar-refractivity contribution in [3.8, 4) is 0 Å². The van der Waals surface area contributed by atoms with Gasteiger partial charge in [-0.1, -0.05) is 55.5 Å². The highest BCUT2D eigenvalue weighted by Gasteiger charge is 2.13. The number of allylic oxidation sites excluding steroid dienone is 4. The van der Waals surface area contributed by atoms with Crippen LogP contribution in [0, 0.1) is 5.92 Å². The summed E-state index contributed by atoms with van der Waals surface area (Å²) in [5.74, 6) is 0.623. The molecule has 0 radical (unpaired) electrons. The zero-order valence-electron chi connectivity index (χ0n) is 11.5. The summed E-state index contributed by atoms with van der Waals surface area (Å²) < 4.78 is 0. The highest BCUT2D eigenvalue weighted by molar-refractivity contribution is 5.94. The molecule has 1 unspecified atom stereocenters. The van der Waals surface area contributed by atoms with Gasteiger partial charge in [0, 0.05) is 23.8 Å². The summed E-state index contributed by atoms with van der Waals surface area (Å²) >= 11 is 0. The van der Waals surface area contributed by atoms with Gasteiger partial charge in [-0.25, -0.2) is 0 Å². The molecule has 1 aliphatic carbocycles. The van der Waals surface area contributed by atoms with Crippen molar-refractivity contribution in [3.63, 3.8) is 0 Å². The van der Waals surface area contributed by atoms with Crippen LogP contribution < -0.4 is 4.90 Å². The first-order valence-corrected chi connectivity index (χ1v) is 6.84. The van der Waals surface area contributed by atoms with Crippen molar-refractivity contribution in [2.45, 2.75) is 13.3 Å². The van der Waals surface area contributed by atoms with E-state index in [9.17, 15) is 0 Å². The third-order valence-corrected chi connectivity index (χ3v) is 3.82. The van der Waals surface area contributed by atoms with Crippen LogP contribution >= 0.6 is 0 Å². The Morgan fingerprint density at radius 1 is 1.05 bits per heavy atom. The molecule has 19 heavy (non-hydrogen) atoms. The third kappa shape index (κ3) is 2.28. The van der Waals surface area contributed by atoms with Crippen LogP contribution in [0.15, 0.2) is 66.4 Å². The van der Waals surface area contributed by atoms with Gasteiger partial charge in [-0.05, 0) is 29.9 Å². The SMILES string of the molecule is CC1C=CC=C(N(C)c2cccc3ccccc23)C1. The van der Waals surface area contributed by atoms with Crippen molar-refractivity contribution in [1.82, 2.24) is 0 Å². The van der Waals surface area contributed by atoms with Crippen LogP contribution in [-0.4, -0.2) is 7.05 Å². The zero-order chi connectivity index (χ0) is 13.2. The fraction of sp³-hybridized carbons (Fsp3) is 0.222. The highest BCUT2D eigenvalue weighted by Crippen LogP contribution is 2.31. The Kier molecular flexibility index (Phi) is 3.12. The second kappa shape index (κ2) is 4.93. The Morgan fingerprint density at radius 2 is 1.84 bits per heavy atom. The normalized spacial score (nSPS) is 18.4. The maximum absolute atomic E-state index is 2.32. The maximum atomic E-state index is 2.32. The molecule has 3 rings (SSSR count). The van der Waals surface area contributed by atoms with Crippen molar-refractivity contribution < 1.29 is 0 Å². The minimum Gasteiger partial charge on any atom is -0.348 e. The first kappa shape index (κ1) is 12.0. The molecule has 1 nitrogen and oxygen atoms in total. The van der Waals surface area contributed by atoms with Gasteiger partial charge in [0.25, 0.3) is 0 Å². The predicted octanol–water partition coefficient (Wildman–Crippen LogP) is 4.76. The van der Waals surface area contributed by atoms with Gasteiger partial charge in [0.1, 0.15) is 0 Å². The largest absolute Gasteiger partial charge is 0.348 e. The van der Waals surface area contributed by atoms with Crippen LogP contribution in [0.3, 0.4) is 0 Å². The van der Waals surface area contributed by atoms with E-state index in [1.165, 1.54) is 22.2 Å². The third-order valence-electron chi connectivity index (χ3n) is 3.82. The number of rotatable bonds is 2. The van der Waals surface area contributed by atoms with Gasteiger partial charge in [-0.2, -0.15) is 0 Å². The Hall–Kier alpha value is -2.02. The molecule has 2 aromatic rings. The molecule has 0 amide bonds. The van der Waals surface area contributed by atoms with Crippen molar-refractivity contribution in [1.29, 1.82) is 0 Å². The van der Waals surface area contributed by atoms with Gasteiger partial charge >= 0.3 is 0 Å². The lowest BCUT2D eigenvalue weighted by Crippen LogP contribution is -2.19. The summed E-state index contributed by atoms with van der Waals surface area (Å²) in [5.41, 5.74) is 2.67. The highest BCUT2D eigenvalue weighted by atomic mass is 15.1. The first-order chi connectivity index (χ1) is 9.25. The average Bonchev–Trinajstić information content (AvgIpc) is 2.46. The van der Waals surface area contributed by atoms with E-state index in [-0.39, 0.29) is 0 Å². The smallest absolute Gasteiger partial charge is 0.0485 e. The number of hydrogen-bond acceptors (Lipinski definition) is 1. The van der Waals surface area contributed by atoms with E-state index in [4.69, 9.17) is 0 Å². The first-order valence-electron chi connectivity index (χ1n) is 6.84. The molecule has 96 valence electrons. The standard InChI is InChI=1S/C18H19N/c1-14-7-5-10-16(13-14)19(2)18-12-6-9-15-8-3-4-11-17(15)18/h3-12,14H,13H2,1-2H3. The molecule has 1 aliphatic rings.